The Balaban J connectivity index is 1.54. The SMILES string of the molecule is COc1ccc(C)cc1NC(=O)CNC(=O)c1ccc(C2SCCS2)cc1. The van der Waals surface area contributed by atoms with Crippen LogP contribution in [0.5, 0.6) is 5.75 Å². The normalized spacial score (nSPS) is 14.0. The molecule has 142 valence electrons. The molecule has 1 aliphatic rings. The van der Waals surface area contributed by atoms with E-state index in [0.29, 0.717) is 21.6 Å². The Morgan fingerprint density at radius 1 is 1.11 bits per heavy atom. The summed E-state index contributed by atoms with van der Waals surface area (Å²) in [4.78, 5) is 24.5. The molecule has 0 aromatic heterocycles. The number of carbonyl (C=O) groups is 2. The number of amides is 2. The minimum atomic E-state index is -0.303. The number of thioether (sulfide) groups is 2. The summed E-state index contributed by atoms with van der Waals surface area (Å²) in [6.45, 7) is 1.83. The van der Waals surface area contributed by atoms with Crippen molar-refractivity contribution in [2.45, 2.75) is 11.5 Å². The number of benzene rings is 2. The van der Waals surface area contributed by atoms with Crippen LogP contribution in [0.25, 0.3) is 0 Å². The smallest absolute Gasteiger partial charge is 0.251 e. The summed E-state index contributed by atoms with van der Waals surface area (Å²) in [6.07, 6.45) is 0. The van der Waals surface area contributed by atoms with Crippen molar-refractivity contribution in [3.8, 4) is 5.75 Å². The van der Waals surface area contributed by atoms with Gasteiger partial charge in [0.1, 0.15) is 5.75 Å². The summed E-state index contributed by atoms with van der Waals surface area (Å²) >= 11 is 3.86. The summed E-state index contributed by atoms with van der Waals surface area (Å²) in [7, 11) is 1.55. The maximum atomic E-state index is 12.3. The van der Waals surface area contributed by atoms with Crippen LogP contribution in [-0.4, -0.2) is 37.0 Å². The van der Waals surface area contributed by atoms with Gasteiger partial charge in [-0.05, 0) is 42.3 Å². The molecule has 3 rings (SSSR count). The van der Waals surface area contributed by atoms with Crippen LogP contribution in [0, 0.1) is 6.92 Å². The van der Waals surface area contributed by atoms with Gasteiger partial charge >= 0.3 is 0 Å². The van der Waals surface area contributed by atoms with Gasteiger partial charge in [-0.3, -0.25) is 9.59 Å². The Morgan fingerprint density at radius 2 is 1.81 bits per heavy atom. The zero-order valence-electron chi connectivity index (χ0n) is 15.3. The third kappa shape index (κ3) is 5.20. The van der Waals surface area contributed by atoms with Crippen molar-refractivity contribution in [1.82, 2.24) is 5.32 Å². The monoisotopic (exact) mass is 402 g/mol. The van der Waals surface area contributed by atoms with Gasteiger partial charge in [0.15, 0.2) is 0 Å². The lowest BCUT2D eigenvalue weighted by atomic mass is 10.1. The predicted molar refractivity (Wildman–Crippen MR) is 113 cm³/mol. The van der Waals surface area contributed by atoms with E-state index in [9.17, 15) is 9.59 Å². The number of carbonyl (C=O) groups excluding carboxylic acids is 2. The van der Waals surface area contributed by atoms with Crippen molar-refractivity contribution in [1.29, 1.82) is 0 Å². The van der Waals surface area contributed by atoms with Gasteiger partial charge in [-0.15, -0.1) is 23.5 Å². The highest BCUT2D eigenvalue weighted by atomic mass is 32.2. The Hall–Kier alpha value is -2.12. The first kappa shape index (κ1) is 19.6. The number of aryl methyl sites for hydroxylation is 1. The van der Waals surface area contributed by atoms with E-state index >= 15 is 0 Å². The Labute approximate surface area is 167 Å². The fourth-order valence-electron chi connectivity index (χ4n) is 2.72. The van der Waals surface area contributed by atoms with Crippen molar-refractivity contribution in [3.63, 3.8) is 0 Å². The number of anilines is 1. The van der Waals surface area contributed by atoms with Crippen LogP contribution in [0.2, 0.25) is 0 Å². The molecule has 0 spiro atoms. The molecule has 7 heteroatoms. The summed E-state index contributed by atoms with van der Waals surface area (Å²) in [5.74, 6) is 2.34. The van der Waals surface area contributed by atoms with Crippen LogP contribution in [0.15, 0.2) is 42.5 Å². The first-order valence-corrected chi connectivity index (χ1v) is 10.7. The first-order valence-electron chi connectivity index (χ1n) is 8.62. The standard InChI is InChI=1S/C20H22N2O3S2/c1-13-3-8-17(25-2)16(11-13)22-18(23)12-21-19(24)14-4-6-15(7-5-14)20-26-9-10-27-20/h3-8,11,20H,9-10,12H2,1-2H3,(H,21,24)(H,22,23). The minimum Gasteiger partial charge on any atom is -0.495 e. The lowest BCUT2D eigenvalue weighted by Crippen LogP contribution is -2.32. The van der Waals surface area contributed by atoms with Gasteiger partial charge in [0.25, 0.3) is 5.91 Å². The van der Waals surface area contributed by atoms with Crippen molar-refractivity contribution in [2.75, 3.05) is 30.5 Å². The van der Waals surface area contributed by atoms with E-state index in [1.165, 1.54) is 17.1 Å². The molecule has 2 aromatic carbocycles. The molecular formula is C20H22N2O3S2. The lowest BCUT2D eigenvalue weighted by Gasteiger charge is -2.12. The van der Waals surface area contributed by atoms with Gasteiger partial charge in [0.2, 0.25) is 5.91 Å². The van der Waals surface area contributed by atoms with Gasteiger partial charge in [-0.1, -0.05) is 18.2 Å². The first-order chi connectivity index (χ1) is 13.1. The van der Waals surface area contributed by atoms with E-state index in [1.54, 1.807) is 13.2 Å². The third-order valence-corrected chi connectivity index (χ3v) is 7.21. The molecule has 2 amide bonds. The third-order valence-electron chi connectivity index (χ3n) is 4.11. The molecule has 0 aliphatic carbocycles. The van der Waals surface area contributed by atoms with E-state index in [-0.39, 0.29) is 18.4 Å². The second-order valence-electron chi connectivity index (χ2n) is 6.13. The number of rotatable bonds is 6. The second kappa shape index (κ2) is 9.19. The maximum absolute atomic E-state index is 12.3. The van der Waals surface area contributed by atoms with E-state index < -0.39 is 0 Å². The quantitative estimate of drug-likeness (QED) is 0.768. The van der Waals surface area contributed by atoms with Crippen LogP contribution in [0.3, 0.4) is 0 Å². The number of nitrogens with one attached hydrogen (secondary N) is 2. The summed E-state index contributed by atoms with van der Waals surface area (Å²) in [6, 6.07) is 13.1. The largest absolute Gasteiger partial charge is 0.495 e. The Kier molecular flexibility index (Phi) is 6.68. The fraction of sp³-hybridized carbons (Fsp3) is 0.300. The molecule has 1 saturated heterocycles. The molecule has 0 atom stereocenters. The Bertz CT molecular complexity index is 818. The van der Waals surface area contributed by atoms with Crippen LogP contribution < -0.4 is 15.4 Å². The molecule has 0 saturated carbocycles. The van der Waals surface area contributed by atoms with E-state index in [0.717, 1.165) is 5.56 Å². The van der Waals surface area contributed by atoms with Gasteiger partial charge in [-0.25, -0.2) is 0 Å². The van der Waals surface area contributed by atoms with Crippen molar-refractivity contribution < 1.29 is 14.3 Å². The molecule has 0 unspecified atom stereocenters. The number of methoxy groups -OCH3 is 1. The van der Waals surface area contributed by atoms with Crippen LogP contribution in [0.4, 0.5) is 5.69 Å². The zero-order chi connectivity index (χ0) is 19.2. The highest BCUT2D eigenvalue weighted by Gasteiger charge is 2.18. The molecule has 0 bridgehead atoms. The van der Waals surface area contributed by atoms with Gasteiger partial charge in [0.05, 0.1) is 23.9 Å². The highest BCUT2D eigenvalue weighted by Crippen LogP contribution is 2.45. The minimum absolute atomic E-state index is 0.105. The average Bonchev–Trinajstić information content (AvgIpc) is 3.21. The second-order valence-corrected chi connectivity index (χ2v) is 8.85. The zero-order valence-corrected chi connectivity index (χ0v) is 16.9. The van der Waals surface area contributed by atoms with Crippen molar-refractivity contribution in [3.05, 3.63) is 59.2 Å². The Morgan fingerprint density at radius 3 is 2.48 bits per heavy atom. The predicted octanol–water partition coefficient (Wildman–Crippen LogP) is 3.85. The molecule has 27 heavy (non-hydrogen) atoms. The molecule has 1 fully saturated rings. The van der Waals surface area contributed by atoms with E-state index in [2.05, 4.69) is 10.6 Å². The lowest BCUT2D eigenvalue weighted by molar-refractivity contribution is -0.115. The molecule has 1 aliphatic heterocycles. The van der Waals surface area contributed by atoms with E-state index in [1.807, 2.05) is 66.8 Å². The number of ether oxygens (including phenoxy) is 1. The summed E-state index contributed by atoms with van der Waals surface area (Å²) < 4.78 is 5.70. The fourth-order valence-corrected chi connectivity index (χ4v) is 5.58. The van der Waals surface area contributed by atoms with Gasteiger partial charge in [0, 0.05) is 17.1 Å². The molecule has 0 radical (unpaired) electrons. The molecule has 5 nitrogen and oxygen atoms in total. The topological polar surface area (TPSA) is 67.4 Å². The molecule has 1 heterocycles. The van der Waals surface area contributed by atoms with Crippen molar-refractivity contribution >= 4 is 41.0 Å². The summed E-state index contributed by atoms with van der Waals surface area (Å²) in [5, 5.41) is 5.43. The van der Waals surface area contributed by atoms with Gasteiger partial charge in [-0.2, -0.15) is 0 Å². The van der Waals surface area contributed by atoms with Gasteiger partial charge < -0.3 is 15.4 Å². The van der Waals surface area contributed by atoms with Crippen LogP contribution >= 0.6 is 23.5 Å². The van der Waals surface area contributed by atoms with Crippen LogP contribution in [0.1, 0.15) is 26.1 Å². The highest BCUT2D eigenvalue weighted by molar-refractivity contribution is 8.19. The number of hydrogen-bond acceptors (Lipinski definition) is 5. The maximum Gasteiger partial charge on any atom is 0.251 e. The van der Waals surface area contributed by atoms with Crippen molar-refractivity contribution in [2.24, 2.45) is 0 Å². The average molecular weight is 403 g/mol. The summed E-state index contributed by atoms with van der Waals surface area (Å²) in [5.41, 5.74) is 3.37. The number of hydrogen-bond donors (Lipinski definition) is 2. The molecule has 2 aromatic rings. The molecular weight excluding hydrogens is 380 g/mol. The van der Waals surface area contributed by atoms with Crippen LogP contribution in [-0.2, 0) is 4.79 Å². The molecule has 2 N–H and O–H groups in total. The van der Waals surface area contributed by atoms with E-state index in [4.69, 9.17) is 4.74 Å².